The molecule has 7 heterocycles. The SMILES string of the molecule is C=CC1=C(C)c2cc3nc(c(CC(=O)O)c4[nH]c(cc5[nH]c(cc1n2)c(C)c5CC)c(C)c4C(=O)O)C(CCC(=O)NCCCCCCNC(=O)CCC(NC(=O)c1ccc(NCc2cnc4nc(N)[nH]c(=O)c4n2)cc1)C(=C)O)C3C. The van der Waals surface area contributed by atoms with Crippen LogP contribution >= 0.6 is 0 Å². The monoisotopic (exact) mass is 1120 g/mol. The molecule has 2 aliphatic heterocycles. The number of carbonyl (C=O) groups is 5. The van der Waals surface area contributed by atoms with Crippen molar-refractivity contribution >= 4 is 85.7 Å². The number of aliphatic hydroxyl groups excluding tert-OH is 1. The van der Waals surface area contributed by atoms with Crippen molar-refractivity contribution in [2.24, 2.45) is 0 Å². The average molecular weight is 1120 g/mol. The Kier molecular flexibility index (Phi) is 18.4. The van der Waals surface area contributed by atoms with Crippen LogP contribution < -0.4 is 32.6 Å². The Balaban J connectivity index is 0.828. The molecular weight excluding hydrogens is 1050 g/mol. The fraction of sp³-hybridized carbons (Fsp3) is 0.350. The molecule has 3 amide bonds. The van der Waals surface area contributed by atoms with Gasteiger partial charge in [-0.15, -0.1) is 0 Å². The van der Waals surface area contributed by atoms with Crippen LogP contribution in [0.25, 0.3) is 44.4 Å². The highest BCUT2D eigenvalue weighted by molar-refractivity contribution is 6.03. The number of rotatable bonds is 24. The van der Waals surface area contributed by atoms with Crippen molar-refractivity contribution in [1.29, 1.82) is 0 Å². The molecule has 22 nitrogen and oxygen atoms in total. The molecule has 2 aliphatic rings. The number of hydrogen-bond donors (Lipinski definition) is 11. The number of carbonyl (C=O) groups excluding carboxylic acids is 3. The number of nitrogens with two attached hydrogens (primary N) is 1. The highest BCUT2D eigenvalue weighted by atomic mass is 16.4. The van der Waals surface area contributed by atoms with Gasteiger partial charge in [-0.25, -0.2) is 19.7 Å². The number of unbranched alkanes of at least 4 members (excludes halogenated alkanes) is 3. The minimum Gasteiger partial charge on any atom is -0.511 e. The second-order valence-electron chi connectivity index (χ2n) is 20.7. The number of H-pyrrole nitrogens is 3. The van der Waals surface area contributed by atoms with Gasteiger partial charge < -0.3 is 52.3 Å². The van der Waals surface area contributed by atoms with Crippen LogP contribution in [0.2, 0.25) is 0 Å². The Labute approximate surface area is 472 Å². The molecule has 428 valence electrons. The molecule has 8 rings (SSSR count). The lowest BCUT2D eigenvalue weighted by molar-refractivity contribution is -0.136. The number of aromatic carboxylic acids is 1. The maximum atomic E-state index is 13.5. The lowest BCUT2D eigenvalue weighted by Gasteiger charge is -2.18. The maximum Gasteiger partial charge on any atom is 0.338 e. The van der Waals surface area contributed by atoms with Gasteiger partial charge in [0.05, 0.1) is 59.1 Å². The summed E-state index contributed by atoms with van der Waals surface area (Å²) in [5.41, 5.74) is 15.9. The highest BCUT2D eigenvalue weighted by Crippen LogP contribution is 2.43. The molecule has 8 bridgehead atoms. The summed E-state index contributed by atoms with van der Waals surface area (Å²) in [5, 5.41) is 43.1. The predicted octanol–water partition coefficient (Wildman–Crippen LogP) is 8.27. The number of benzene rings is 1. The summed E-state index contributed by atoms with van der Waals surface area (Å²) in [4.78, 5) is 109. The Bertz CT molecular complexity index is 3780. The first-order valence-corrected chi connectivity index (χ1v) is 27.4. The molecule has 3 atom stereocenters. The van der Waals surface area contributed by atoms with Crippen LogP contribution in [0, 0.1) is 13.8 Å². The van der Waals surface area contributed by atoms with Gasteiger partial charge >= 0.3 is 11.9 Å². The van der Waals surface area contributed by atoms with E-state index in [4.69, 9.17) is 15.7 Å². The minimum absolute atomic E-state index is 0.0284. The zero-order valence-electron chi connectivity index (χ0n) is 46.6. The van der Waals surface area contributed by atoms with Crippen molar-refractivity contribution < 1.29 is 39.3 Å². The standard InChI is InChI=1S/C60H69N13O9/c1-8-38-30(3)43-25-45-32(5)40(53(69-45)41(24-51(77)78)54-52(59(81)82)33(6)46(70-54)27-48-39(9-2)31(4)44(68-48)26-47(38)67-43)18-20-49(75)62-22-12-10-11-13-23-63-50(76)21-19-42(34(7)74)71-57(79)35-14-16-36(17-15-35)64-28-37-29-65-56-55(66-37)58(80)73-60(61)72-56/h8,14-17,25-27,29,32,40,42,64,68,70,74H,1,7,9-13,18-24,28H2,2-6H3,(H,62,75)(H,63,76)(H,71,79)(H,77,78)(H,81,82)(H3,61,65,72,73,80). The van der Waals surface area contributed by atoms with E-state index in [1.165, 1.54) is 6.20 Å². The van der Waals surface area contributed by atoms with Gasteiger partial charge in [-0.3, -0.25) is 33.9 Å². The number of aliphatic carboxylic acids is 1. The van der Waals surface area contributed by atoms with E-state index < -0.39 is 41.8 Å². The number of hydrogen-bond acceptors (Lipinski definition) is 14. The Morgan fingerprint density at radius 3 is 2.17 bits per heavy atom. The van der Waals surface area contributed by atoms with Crippen LogP contribution in [0.5, 0.6) is 0 Å². The number of allylic oxidation sites excluding steroid dienone is 3. The summed E-state index contributed by atoms with van der Waals surface area (Å²) < 4.78 is 0. The van der Waals surface area contributed by atoms with E-state index in [-0.39, 0.29) is 83.1 Å². The largest absolute Gasteiger partial charge is 0.511 e. The van der Waals surface area contributed by atoms with E-state index in [2.05, 4.69) is 64.3 Å². The summed E-state index contributed by atoms with van der Waals surface area (Å²) in [5.74, 6) is -4.37. The van der Waals surface area contributed by atoms with Gasteiger partial charge in [-0.1, -0.05) is 45.9 Å². The molecule has 1 aromatic carbocycles. The van der Waals surface area contributed by atoms with Crippen LogP contribution in [0.1, 0.15) is 155 Å². The highest BCUT2D eigenvalue weighted by Gasteiger charge is 2.34. The zero-order valence-corrected chi connectivity index (χ0v) is 46.6. The van der Waals surface area contributed by atoms with Crippen LogP contribution in [-0.2, 0) is 33.8 Å². The van der Waals surface area contributed by atoms with Crippen molar-refractivity contribution in [3.05, 3.63) is 146 Å². The van der Waals surface area contributed by atoms with Crippen molar-refractivity contribution in [2.45, 2.75) is 123 Å². The summed E-state index contributed by atoms with van der Waals surface area (Å²) >= 11 is 0. The normalized spacial score (nSPS) is 14.3. The molecule has 0 saturated carbocycles. The second kappa shape index (κ2) is 25.8. The molecule has 0 radical (unpaired) electrons. The number of anilines is 2. The quantitative estimate of drug-likeness (QED) is 0.0201. The summed E-state index contributed by atoms with van der Waals surface area (Å²) in [6, 6.07) is 11.5. The van der Waals surface area contributed by atoms with E-state index in [0.717, 1.165) is 51.8 Å². The molecule has 6 aromatic rings. The summed E-state index contributed by atoms with van der Waals surface area (Å²) in [6.07, 6.45) is 6.95. The van der Waals surface area contributed by atoms with E-state index in [0.29, 0.717) is 83.9 Å². The Morgan fingerprint density at radius 2 is 1.51 bits per heavy atom. The number of fused-ring (bicyclic) bond motifs is 9. The molecule has 82 heavy (non-hydrogen) atoms. The van der Waals surface area contributed by atoms with E-state index in [9.17, 15) is 44.1 Å². The van der Waals surface area contributed by atoms with Crippen molar-refractivity contribution in [3.8, 4) is 0 Å². The van der Waals surface area contributed by atoms with Crippen molar-refractivity contribution in [2.75, 3.05) is 24.1 Å². The van der Waals surface area contributed by atoms with Gasteiger partial charge in [0.25, 0.3) is 11.5 Å². The molecule has 0 aliphatic carbocycles. The molecule has 0 spiro atoms. The topological polar surface area (TPSA) is 349 Å². The lowest BCUT2D eigenvalue weighted by atomic mass is 9.84. The minimum atomic E-state index is -1.21. The number of carboxylic acids is 2. The van der Waals surface area contributed by atoms with Crippen LogP contribution in [0.3, 0.4) is 0 Å². The molecular formula is C60H69N13O9. The van der Waals surface area contributed by atoms with E-state index in [1.807, 2.05) is 45.9 Å². The Morgan fingerprint density at radius 1 is 0.817 bits per heavy atom. The maximum absolute atomic E-state index is 13.5. The molecule has 3 unspecified atom stereocenters. The third-order valence-electron chi connectivity index (χ3n) is 15.2. The van der Waals surface area contributed by atoms with E-state index in [1.54, 1.807) is 37.3 Å². The summed E-state index contributed by atoms with van der Waals surface area (Å²) in [6.45, 7) is 18.5. The molecule has 0 fully saturated rings. The van der Waals surface area contributed by atoms with Gasteiger partial charge in [0, 0.05) is 82.4 Å². The first-order valence-electron chi connectivity index (χ1n) is 27.4. The van der Waals surface area contributed by atoms with Crippen molar-refractivity contribution in [1.82, 2.24) is 55.8 Å². The zero-order chi connectivity index (χ0) is 58.9. The first-order chi connectivity index (χ1) is 39.2. The van der Waals surface area contributed by atoms with Crippen LogP contribution in [0.15, 0.2) is 78.4 Å². The number of nitrogen functional groups attached to an aromatic ring is 1. The summed E-state index contributed by atoms with van der Waals surface area (Å²) in [7, 11) is 0. The fourth-order valence-corrected chi connectivity index (χ4v) is 10.6. The fourth-order valence-electron chi connectivity index (χ4n) is 10.6. The van der Waals surface area contributed by atoms with Gasteiger partial charge in [-0.2, -0.15) is 4.98 Å². The van der Waals surface area contributed by atoms with Gasteiger partial charge in [-0.05, 0) is 118 Å². The predicted molar refractivity (Wildman–Crippen MR) is 314 cm³/mol. The second-order valence-corrected chi connectivity index (χ2v) is 20.7. The third-order valence-corrected chi connectivity index (χ3v) is 15.2. The first kappa shape index (κ1) is 58.7. The smallest absolute Gasteiger partial charge is 0.338 e. The number of nitrogens with one attached hydrogen (secondary N) is 7. The number of aliphatic hydroxyl groups is 1. The van der Waals surface area contributed by atoms with Gasteiger partial charge in [0.15, 0.2) is 11.2 Å². The molecule has 0 saturated heterocycles. The number of carboxylic acid groups (broad SMARTS) is 2. The van der Waals surface area contributed by atoms with Crippen LogP contribution in [-0.4, -0.2) is 104 Å². The van der Waals surface area contributed by atoms with E-state index >= 15 is 0 Å². The third kappa shape index (κ3) is 13.4. The van der Waals surface area contributed by atoms with Gasteiger partial charge in [0.1, 0.15) is 5.76 Å². The van der Waals surface area contributed by atoms with Crippen LogP contribution in [0.4, 0.5) is 11.6 Å². The molecule has 12 N–H and O–H groups in total. The number of aromatic nitrogens is 8. The molecule has 5 aromatic heterocycles. The average Bonchev–Trinajstić information content (AvgIpc) is 3.08. The number of aryl methyl sites for hydroxylation is 3. The lowest BCUT2D eigenvalue weighted by Crippen LogP contribution is -2.37. The van der Waals surface area contributed by atoms with Gasteiger partial charge in [0.2, 0.25) is 17.8 Å². The number of nitrogens with zero attached hydrogens (tertiary/aromatic N) is 5. The van der Waals surface area contributed by atoms with Crippen molar-refractivity contribution in [3.63, 3.8) is 0 Å². The number of aromatic amines is 3. The Hall–Kier alpha value is -9.47. The molecule has 22 heteroatoms. The number of amides is 3.